The summed E-state index contributed by atoms with van der Waals surface area (Å²) in [6.07, 6.45) is 4.15. The van der Waals surface area contributed by atoms with Gasteiger partial charge in [0, 0.05) is 16.5 Å². The summed E-state index contributed by atoms with van der Waals surface area (Å²) in [4.78, 5) is 12.4. The number of carbonyl (C=O) groups is 1. The summed E-state index contributed by atoms with van der Waals surface area (Å²) in [6.45, 7) is 0. The van der Waals surface area contributed by atoms with Gasteiger partial charge in [0.25, 0.3) is 0 Å². The van der Waals surface area contributed by atoms with E-state index in [1.807, 2.05) is 24.3 Å². The van der Waals surface area contributed by atoms with Crippen LogP contribution in [0.1, 0.15) is 29.6 Å². The molecule has 2 heteroatoms. The van der Waals surface area contributed by atoms with Crippen LogP contribution >= 0.6 is 11.6 Å². The molecule has 4 unspecified atom stereocenters. The molecule has 3 aliphatic rings. The van der Waals surface area contributed by atoms with Crippen LogP contribution in [-0.4, -0.2) is 5.78 Å². The van der Waals surface area contributed by atoms with Crippen molar-refractivity contribution in [2.45, 2.75) is 19.3 Å². The molecule has 0 aromatic heterocycles. The maximum Gasteiger partial charge on any atom is 0.166 e. The smallest absolute Gasteiger partial charge is 0.166 e. The first kappa shape index (κ1) is 10.1. The molecule has 0 spiro atoms. The second-order valence-corrected chi connectivity index (χ2v) is 6.32. The standard InChI is InChI=1S/C15H15ClO/c16-11-5-3-8(4-6-11)15(17)14-12-9-1-2-10(7-9)13(12)14/h3-6,9-10,12-14H,1-2,7H2. The van der Waals surface area contributed by atoms with Crippen LogP contribution in [0.2, 0.25) is 5.02 Å². The molecule has 1 nitrogen and oxygen atoms in total. The third kappa shape index (κ3) is 1.35. The van der Waals surface area contributed by atoms with Gasteiger partial charge in [0.1, 0.15) is 0 Å². The van der Waals surface area contributed by atoms with Crippen molar-refractivity contribution in [1.29, 1.82) is 0 Å². The summed E-state index contributed by atoms with van der Waals surface area (Å²) in [7, 11) is 0. The second-order valence-electron chi connectivity index (χ2n) is 5.88. The largest absolute Gasteiger partial charge is 0.294 e. The van der Waals surface area contributed by atoms with Crippen LogP contribution in [0.25, 0.3) is 0 Å². The molecule has 3 saturated carbocycles. The van der Waals surface area contributed by atoms with Crippen LogP contribution in [0.3, 0.4) is 0 Å². The Balaban J connectivity index is 1.58. The Morgan fingerprint density at radius 1 is 1.06 bits per heavy atom. The number of rotatable bonds is 2. The van der Waals surface area contributed by atoms with Gasteiger partial charge in [-0.3, -0.25) is 4.79 Å². The predicted molar refractivity (Wildman–Crippen MR) is 67.1 cm³/mol. The summed E-state index contributed by atoms with van der Waals surface area (Å²) in [5.41, 5.74) is 0.855. The van der Waals surface area contributed by atoms with Crippen LogP contribution in [0.5, 0.6) is 0 Å². The van der Waals surface area contributed by atoms with Gasteiger partial charge < -0.3 is 0 Å². The molecule has 3 fully saturated rings. The second kappa shape index (κ2) is 3.35. The lowest BCUT2D eigenvalue weighted by atomic mass is 9.96. The Kier molecular flexibility index (Phi) is 2.00. The molecule has 17 heavy (non-hydrogen) atoms. The molecule has 0 saturated heterocycles. The molecule has 1 aromatic rings. The first-order valence-corrected chi connectivity index (χ1v) is 6.93. The van der Waals surface area contributed by atoms with Gasteiger partial charge in [-0.25, -0.2) is 0 Å². The lowest BCUT2D eigenvalue weighted by molar-refractivity contribution is 0.0944. The van der Waals surface area contributed by atoms with Crippen molar-refractivity contribution < 1.29 is 4.79 Å². The van der Waals surface area contributed by atoms with Gasteiger partial charge in [-0.1, -0.05) is 11.6 Å². The van der Waals surface area contributed by atoms with E-state index >= 15 is 0 Å². The van der Waals surface area contributed by atoms with Crippen LogP contribution in [-0.2, 0) is 0 Å². The Morgan fingerprint density at radius 3 is 2.24 bits per heavy atom. The van der Waals surface area contributed by atoms with Crippen LogP contribution in [0.4, 0.5) is 0 Å². The van der Waals surface area contributed by atoms with E-state index in [9.17, 15) is 4.79 Å². The van der Waals surface area contributed by atoms with Crippen molar-refractivity contribution in [2.24, 2.45) is 29.6 Å². The zero-order chi connectivity index (χ0) is 11.6. The molecular weight excluding hydrogens is 232 g/mol. The average molecular weight is 247 g/mol. The van der Waals surface area contributed by atoms with Gasteiger partial charge >= 0.3 is 0 Å². The van der Waals surface area contributed by atoms with Crippen molar-refractivity contribution in [3.05, 3.63) is 34.9 Å². The number of Topliss-reactive ketones (excluding diaryl/α,β-unsaturated/α-hetero) is 1. The minimum Gasteiger partial charge on any atom is -0.294 e. The summed E-state index contributed by atoms with van der Waals surface area (Å²) in [6, 6.07) is 7.39. The summed E-state index contributed by atoms with van der Waals surface area (Å²) >= 11 is 5.85. The van der Waals surface area contributed by atoms with E-state index in [1.54, 1.807) is 0 Å². The van der Waals surface area contributed by atoms with E-state index < -0.39 is 0 Å². The Morgan fingerprint density at radius 2 is 1.65 bits per heavy atom. The van der Waals surface area contributed by atoms with Crippen molar-refractivity contribution in [3.8, 4) is 0 Å². The molecule has 4 rings (SSSR count). The first-order chi connectivity index (χ1) is 8.25. The quantitative estimate of drug-likeness (QED) is 0.725. The fourth-order valence-corrected chi connectivity index (χ4v) is 4.61. The SMILES string of the molecule is O=C(c1ccc(Cl)cc1)C1C2C3CCC(C3)C12. The maximum atomic E-state index is 12.4. The number of hydrogen-bond donors (Lipinski definition) is 0. The molecule has 0 heterocycles. The van der Waals surface area contributed by atoms with Crippen molar-refractivity contribution >= 4 is 17.4 Å². The number of halogens is 1. The van der Waals surface area contributed by atoms with Crippen molar-refractivity contribution in [1.82, 2.24) is 0 Å². The third-order valence-electron chi connectivity index (χ3n) is 5.17. The molecule has 1 aromatic carbocycles. The maximum absolute atomic E-state index is 12.4. The normalized spacial score (nSPS) is 41.4. The van der Waals surface area contributed by atoms with E-state index in [0.29, 0.717) is 16.7 Å². The Labute approximate surface area is 106 Å². The molecule has 0 amide bonds. The average Bonchev–Trinajstić information content (AvgIpc) is 2.77. The fourth-order valence-electron chi connectivity index (χ4n) is 4.48. The highest BCUT2D eigenvalue weighted by Crippen LogP contribution is 2.69. The van der Waals surface area contributed by atoms with Gasteiger partial charge in [0.15, 0.2) is 5.78 Å². The number of carbonyl (C=O) groups excluding carboxylic acids is 1. The van der Waals surface area contributed by atoms with Gasteiger partial charge in [-0.2, -0.15) is 0 Å². The molecule has 3 aliphatic carbocycles. The minimum atomic E-state index is 0.349. The van der Waals surface area contributed by atoms with Gasteiger partial charge in [-0.15, -0.1) is 0 Å². The van der Waals surface area contributed by atoms with Crippen LogP contribution in [0.15, 0.2) is 24.3 Å². The highest BCUT2D eigenvalue weighted by atomic mass is 35.5. The van der Waals surface area contributed by atoms with Crippen LogP contribution in [0, 0.1) is 29.6 Å². The minimum absolute atomic E-state index is 0.349. The van der Waals surface area contributed by atoms with Gasteiger partial charge in [0.05, 0.1) is 0 Å². The van der Waals surface area contributed by atoms with Crippen molar-refractivity contribution in [3.63, 3.8) is 0 Å². The van der Waals surface area contributed by atoms with E-state index in [4.69, 9.17) is 11.6 Å². The summed E-state index contributed by atoms with van der Waals surface area (Å²) in [5.74, 6) is 3.92. The number of hydrogen-bond acceptors (Lipinski definition) is 1. The zero-order valence-electron chi connectivity index (χ0n) is 9.60. The molecular formula is C15H15ClO. The predicted octanol–water partition coefficient (Wildman–Crippen LogP) is 3.81. The van der Waals surface area contributed by atoms with Gasteiger partial charge in [-0.05, 0) is 67.2 Å². The number of benzene rings is 1. The summed E-state index contributed by atoms with van der Waals surface area (Å²) < 4.78 is 0. The van der Waals surface area contributed by atoms with Crippen molar-refractivity contribution in [2.75, 3.05) is 0 Å². The third-order valence-corrected chi connectivity index (χ3v) is 5.42. The van der Waals surface area contributed by atoms with Gasteiger partial charge in [0.2, 0.25) is 0 Å². The van der Waals surface area contributed by atoms with E-state index in [2.05, 4.69) is 0 Å². The summed E-state index contributed by atoms with van der Waals surface area (Å²) in [5, 5.41) is 0.706. The fraction of sp³-hybridized carbons (Fsp3) is 0.533. The molecule has 88 valence electrons. The van der Waals surface area contributed by atoms with E-state index in [-0.39, 0.29) is 0 Å². The number of fused-ring (bicyclic) bond motifs is 5. The lowest BCUT2D eigenvalue weighted by Crippen LogP contribution is -2.09. The Hall–Kier alpha value is -0.820. The van der Waals surface area contributed by atoms with E-state index in [1.165, 1.54) is 19.3 Å². The monoisotopic (exact) mass is 246 g/mol. The number of ketones is 1. The topological polar surface area (TPSA) is 17.1 Å². The highest BCUT2D eigenvalue weighted by molar-refractivity contribution is 6.30. The Bertz CT molecular complexity index is 462. The lowest BCUT2D eigenvalue weighted by Gasteiger charge is -2.07. The highest BCUT2D eigenvalue weighted by Gasteiger charge is 2.67. The molecule has 0 aliphatic heterocycles. The van der Waals surface area contributed by atoms with E-state index in [0.717, 1.165) is 29.2 Å². The molecule has 0 N–H and O–H groups in total. The molecule has 0 radical (unpaired) electrons. The first-order valence-electron chi connectivity index (χ1n) is 6.55. The molecule has 2 bridgehead atoms. The molecule has 4 atom stereocenters. The van der Waals surface area contributed by atoms with Crippen LogP contribution < -0.4 is 0 Å². The zero-order valence-corrected chi connectivity index (χ0v) is 10.4.